The van der Waals surface area contributed by atoms with Crippen LogP contribution in [-0.4, -0.2) is 15.1 Å². The summed E-state index contributed by atoms with van der Waals surface area (Å²) in [6, 6.07) is 3.64. The lowest BCUT2D eigenvalue weighted by Crippen LogP contribution is -1.89. The zero-order valence-electron chi connectivity index (χ0n) is 6.74. The minimum atomic E-state index is -0.0932. The Hall–Kier alpha value is -1.19. The Morgan fingerprint density at radius 1 is 1.46 bits per heavy atom. The summed E-state index contributed by atoms with van der Waals surface area (Å²) in [6.07, 6.45) is 3.32. The maximum absolute atomic E-state index is 8.94. The fourth-order valence-corrected chi connectivity index (χ4v) is 1.35. The van der Waals surface area contributed by atoms with Crippen molar-refractivity contribution < 1.29 is 5.11 Å². The molecule has 66 valence electrons. The van der Waals surface area contributed by atoms with E-state index in [4.69, 9.17) is 16.7 Å². The van der Waals surface area contributed by atoms with E-state index in [0.29, 0.717) is 10.7 Å². The molecule has 0 saturated heterocycles. The van der Waals surface area contributed by atoms with Gasteiger partial charge in [0.1, 0.15) is 5.15 Å². The number of halogens is 1. The Balaban J connectivity index is 2.74. The van der Waals surface area contributed by atoms with Crippen LogP contribution < -0.4 is 0 Å². The van der Waals surface area contributed by atoms with E-state index in [1.165, 1.54) is 0 Å². The third-order valence-corrected chi connectivity index (χ3v) is 2.14. The van der Waals surface area contributed by atoms with Crippen molar-refractivity contribution in [2.45, 2.75) is 6.61 Å². The smallest absolute Gasteiger partial charge is 0.135 e. The van der Waals surface area contributed by atoms with Gasteiger partial charge >= 0.3 is 0 Å². The van der Waals surface area contributed by atoms with E-state index < -0.39 is 0 Å². The van der Waals surface area contributed by atoms with Gasteiger partial charge in [-0.3, -0.25) is 4.98 Å². The van der Waals surface area contributed by atoms with Gasteiger partial charge < -0.3 is 5.11 Å². The van der Waals surface area contributed by atoms with Crippen LogP contribution in [0.4, 0.5) is 0 Å². The van der Waals surface area contributed by atoms with Crippen molar-refractivity contribution in [3.05, 3.63) is 35.2 Å². The molecule has 2 aromatic rings. The third-order valence-electron chi connectivity index (χ3n) is 1.82. The van der Waals surface area contributed by atoms with Crippen LogP contribution in [0.25, 0.3) is 10.9 Å². The minimum Gasteiger partial charge on any atom is -0.392 e. The standard InChI is InChI=1S/C9H7ClN2O/c10-9-7(5-13)3-6-1-2-11-4-8(6)12-9/h1-4,13H,5H2. The highest BCUT2D eigenvalue weighted by atomic mass is 35.5. The van der Waals surface area contributed by atoms with Crippen LogP contribution in [0.2, 0.25) is 5.15 Å². The number of aliphatic hydroxyl groups excluding tert-OH is 1. The fraction of sp³-hybridized carbons (Fsp3) is 0.111. The predicted molar refractivity (Wildman–Crippen MR) is 50.5 cm³/mol. The van der Waals surface area contributed by atoms with Crippen molar-refractivity contribution in [1.29, 1.82) is 0 Å². The Morgan fingerprint density at radius 3 is 3.08 bits per heavy atom. The molecule has 2 aromatic heterocycles. The Kier molecular flexibility index (Phi) is 2.12. The Bertz CT molecular complexity index is 445. The number of aliphatic hydroxyl groups is 1. The van der Waals surface area contributed by atoms with Gasteiger partial charge in [-0.05, 0) is 12.1 Å². The molecule has 0 fully saturated rings. The molecule has 0 aliphatic carbocycles. The lowest BCUT2D eigenvalue weighted by Gasteiger charge is -2.01. The van der Waals surface area contributed by atoms with E-state index in [0.717, 1.165) is 10.9 Å². The monoisotopic (exact) mass is 194 g/mol. The maximum Gasteiger partial charge on any atom is 0.135 e. The van der Waals surface area contributed by atoms with Gasteiger partial charge in [0, 0.05) is 17.1 Å². The molecule has 0 aliphatic heterocycles. The molecule has 13 heavy (non-hydrogen) atoms. The SMILES string of the molecule is OCc1cc2ccncc2nc1Cl. The largest absolute Gasteiger partial charge is 0.392 e. The lowest BCUT2D eigenvalue weighted by molar-refractivity contribution is 0.281. The number of rotatable bonds is 1. The summed E-state index contributed by atoms with van der Waals surface area (Å²) in [5, 5.41) is 10.2. The zero-order chi connectivity index (χ0) is 9.26. The second-order valence-corrected chi connectivity index (χ2v) is 3.02. The predicted octanol–water partition coefficient (Wildman–Crippen LogP) is 1.78. The van der Waals surface area contributed by atoms with Gasteiger partial charge in [0.15, 0.2) is 0 Å². The van der Waals surface area contributed by atoms with E-state index in [2.05, 4.69) is 9.97 Å². The lowest BCUT2D eigenvalue weighted by atomic mass is 10.2. The van der Waals surface area contributed by atoms with Crippen LogP contribution in [0.15, 0.2) is 24.5 Å². The van der Waals surface area contributed by atoms with E-state index in [-0.39, 0.29) is 6.61 Å². The van der Waals surface area contributed by atoms with Crippen molar-refractivity contribution >= 4 is 22.5 Å². The van der Waals surface area contributed by atoms with Crippen LogP contribution in [0.3, 0.4) is 0 Å². The molecular formula is C9H7ClN2O. The van der Waals surface area contributed by atoms with Crippen LogP contribution in [-0.2, 0) is 6.61 Å². The van der Waals surface area contributed by atoms with E-state index in [1.807, 2.05) is 12.1 Å². The number of pyridine rings is 2. The first-order valence-electron chi connectivity index (χ1n) is 3.81. The first kappa shape index (κ1) is 8.41. The summed E-state index contributed by atoms with van der Waals surface area (Å²) in [4.78, 5) is 8.02. The quantitative estimate of drug-likeness (QED) is 0.704. The molecule has 0 spiro atoms. The third kappa shape index (κ3) is 1.48. The second-order valence-electron chi connectivity index (χ2n) is 2.66. The Morgan fingerprint density at radius 2 is 2.31 bits per heavy atom. The summed E-state index contributed by atoms with van der Waals surface area (Å²) in [5.74, 6) is 0. The zero-order valence-corrected chi connectivity index (χ0v) is 7.49. The summed E-state index contributed by atoms with van der Waals surface area (Å²) in [6.45, 7) is -0.0932. The van der Waals surface area contributed by atoms with Crippen LogP contribution in [0.5, 0.6) is 0 Å². The number of aromatic nitrogens is 2. The van der Waals surface area contributed by atoms with Crippen molar-refractivity contribution in [3.63, 3.8) is 0 Å². The Labute approximate surface area is 80.0 Å². The summed E-state index contributed by atoms with van der Waals surface area (Å²) in [5.41, 5.74) is 1.38. The fourth-order valence-electron chi connectivity index (χ4n) is 1.15. The van der Waals surface area contributed by atoms with Gasteiger partial charge in [-0.1, -0.05) is 11.6 Å². The number of hydrogen-bond acceptors (Lipinski definition) is 3. The van der Waals surface area contributed by atoms with E-state index >= 15 is 0 Å². The molecule has 3 nitrogen and oxygen atoms in total. The van der Waals surface area contributed by atoms with E-state index in [1.54, 1.807) is 12.4 Å². The molecular weight excluding hydrogens is 188 g/mol. The topological polar surface area (TPSA) is 46.0 Å². The molecule has 0 aromatic carbocycles. The van der Waals surface area contributed by atoms with Gasteiger partial charge in [-0.25, -0.2) is 4.98 Å². The van der Waals surface area contributed by atoms with Crippen molar-refractivity contribution in [3.8, 4) is 0 Å². The van der Waals surface area contributed by atoms with Crippen molar-refractivity contribution in [2.75, 3.05) is 0 Å². The molecule has 2 rings (SSSR count). The molecule has 0 atom stereocenters. The average molecular weight is 195 g/mol. The van der Waals surface area contributed by atoms with Gasteiger partial charge in [-0.2, -0.15) is 0 Å². The molecule has 0 unspecified atom stereocenters. The van der Waals surface area contributed by atoms with Crippen LogP contribution >= 0.6 is 11.6 Å². The maximum atomic E-state index is 8.94. The second kappa shape index (κ2) is 3.28. The highest BCUT2D eigenvalue weighted by Gasteiger charge is 2.02. The number of fused-ring (bicyclic) bond motifs is 1. The molecule has 0 bridgehead atoms. The van der Waals surface area contributed by atoms with Crippen molar-refractivity contribution in [1.82, 2.24) is 9.97 Å². The average Bonchev–Trinajstić information content (AvgIpc) is 2.17. The molecule has 0 radical (unpaired) electrons. The molecule has 0 aliphatic rings. The molecule has 4 heteroatoms. The minimum absolute atomic E-state index is 0.0932. The summed E-state index contributed by atoms with van der Waals surface area (Å²) >= 11 is 5.80. The highest BCUT2D eigenvalue weighted by molar-refractivity contribution is 6.30. The van der Waals surface area contributed by atoms with Gasteiger partial charge in [0.2, 0.25) is 0 Å². The van der Waals surface area contributed by atoms with Crippen LogP contribution in [0.1, 0.15) is 5.56 Å². The number of nitrogens with zero attached hydrogens (tertiary/aromatic N) is 2. The first-order chi connectivity index (χ1) is 6.31. The molecule has 0 saturated carbocycles. The highest BCUT2D eigenvalue weighted by Crippen LogP contribution is 2.19. The molecule has 0 amide bonds. The summed E-state index contributed by atoms with van der Waals surface area (Å²) in [7, 11) is 0. The van der Waals surface area contributed by atoms with Crippen LogP contribution in [0, 0.1) is 0 Å². The van der Waals surface area contributed by atoms with Gasteiger partial charge in [0.05, 0.1) is 18.3 Å². The normalized spacial score (nSPS) is 10.6. The molecule has 1 N–H and O–H groups in total. The molecule has 2 heterocycles. The number of hydrogen-bond donors (Lipinski definition) is 1. The summed E-state index contributed by atoms with van der Waals surface area (Å²) < 4.78 is 0. The first-order valence-corrected chi connectivity index (χ1v) is 4.19. The van der Waals surface area contributed by atoms with Gasteiger partial charge in [0.25, 0.3) is 0 Å². The van der Waals surface area contributed by atoms with Gasteiger partial charge in [-0.15, -0.1) is 0 Å². The van der Waals surface area contributed by atoms with E-state index in [9.17, 15) is 0 Å². The van der Waals surface area contributed by atoms with Crippen molar-refractivity contribution in [2.24, 2.45) is 0 Å².